The number of anilines is 2. The van der Waals surface area contributed by atoms with Crippen LogP contribution in [0.15, 0.2) is 60.7 Å². The second-order valence-corrected chi connectivity index (χ2v) is 19.8. The molecule has 27 nitrogen and oxygen atoms in total. The Morgan fingerprint density at radius 1 is 0.741 bits per heavy atom. The SMILES string of the molecule is CCn1nc(C)cc1C(=O)Nc1nc2cc(C(N)=O)cc(OC)c2n1C/C=C/Cn1c(NC(=O)c2cc(C)nn2CC)nc2cc(C(N)=O)cc(OCCCN(C)C(=O)[C@H](CC(=O)OC(C)(C)C)NC(=O)CCN3C(=O)C=CC3=O)c21. The van der Waals surface area contributed by atoms with E-state index in [2.05, 4.69) is 31.1 Å². The van der Waals surface area contributed by atoms with Crippen LogP contribution >= 0.6 is 0 Å². The Hall–Kier alpha value is -9.69. The van der Waals surface area contributed by atoms with Gasteiger partial charge in [-0.1, -0.05) is 12.2 Å². The molecular formula is C54H65N15O12. The highest BCUT2D eigenvalue weighted by Gasteiger charge is 2.31. The molecule has 2 aromatic carbocycles. The summed E-state index contributed by atoms with van der Waals surface area (Å²) in [7, 11) is 2.89. The van der Waals surface area contributed by atoms with Gasteiger partial charge in [-0.05, 0) is 91.3 Å². The van der Waals surface area contributed by atoms with E-state index in [1.54, 1.807) is 72.7 Å². The summed E-state index contributed by atoms with van der Waals surface area (Å²) in [5.41, 5.74) is 13.8. The molecule has 8 amide bonds. The first kappa shape index (κ1) is 59.0. The summed E-state index contributed by atoms with van der Waals surface area (Å²) in [6.45, 7) is 12.8. The number of nitrogens with two attached hydrogens (primary N) is 2. The lowest BCUT2D eigenvalue weighted by Crippen LogP contribution is -2.49. The third-order valence-corrected chi connectivity index (χ3v) is 12.6. The highest BCUT2D eigenvalue weighted by atomic mass is 16.6. The number of carbonyl (C=O) groups is 9. The van der Waals surface area contributed by atoms with Gasteiger partial charge < -0.3 is 45.0 Å². The van der Waals surface area contributed by atoms with Crippen molar-refractivity contribution in [1.82, 2.24) is 53.8 Å². The molecular weight excluding hydrogens is 1050 g/mol. The van der Waals surface area contributed by atoms with Crippen LogP contribution in [-0.2, 0) is 54.9 Å². The minimum absolute atomic E-state index is 0.0141. The number of nitrogens with one attached hydrogen (secondary N) is 3. The van der Waals surface area contributed by atoms with Crippen LogP contribution in [0.5, 0.6) is 11.5 Å². The topological polar surface area (TPSA) is 347 Å². The van der Waals surface area contributed by atoms with Crippen molar-refractivity contribution in [2.45, 2.75) is 106 Å². The third kappa shape index (κ3) is 14.0. The second kappa shape index (κ2) is 25.0. The Bertz CT molecular complexity index is 3520. The molecule has 5 heterocycles. The lowest BCUT2D eigenvalue weighted by atomic mass is 10.1. The average molecular weight is 1120 g/mol. The summed E-state index contributed by atoms with van der Waals surface area (Å²) >= 11 is 0. The van der Waals surface area contributed by atoms with Crippen molar-refractivity contribution in [1.29, 1.82) is 0 Å². The average Bonchev–Trinajstić information content (AvgIpc) is 4.26. The zero-order valence-corrected chi connectivity index (χ0v) is 46.4. The lowest BCUT2D eigenvalue weighted by Gasteiger charge is -2.26. The number of imidazole rings is 2. The molecule has 0 radical (unpaired) electrons. The maximum absolute atomic E-state index is 14.0. The molecule has 27 heteroatoms. The number of primary amides is 2. The minimum Gasteiger partial charge on any atom is -0.494 e. The van der Waals surface area contributed by atoms with Gasteiger partial charge in [0.2, 0.25) is 35.5 Å². The number of carbonyl (C=O) groups excluding carboxylic acids is 9. The number of aromatic nitrogens is 8. The summed E-state index contributed by atoms with van der Waals surface area (Å²) in [6, 6.07) is 7.75. The van der Waals surface area contributed by atoms with E-state index >= 15 is 0 Å². The Balaban J connectivity index is 1.17. The van der Waals surface area contributed by atoms with Gasteiger partial charge in [0.1, 0.15) is 45.6 Å². The summed E-state index contributed by atoms with van der Waals surface area (Å²) in [4.78, 5) is 129. The molecule has 7 rings (SSSR count). The molecule has 0 aliphatic carbocycles. The van der Waals surface area contributed by atoms with Crippen LogP contribution in [0.4, 0.5) is 11.9 Å². The summed E-state index contributed by atoms with van der Waals surface area (Å²) in [6.07, 6.45) is 5.02. The first-order valence-corrected chi connectivity index (χ1v) is 25.9. The van der Waals surface area contributed by atoms with Crippen LogP contribution in [0.3, 0.4) is 0 Å². The highest BCUT2D eigenvalue weighted by Crippen LogP contribution is 2.33. The Labute approximate surface area is 464 Å². The number of aryl methyl sites for hydroxylation is 4. The fourth-order valence-corrected chi connectivity index (χ4v) is 8.93. The van der Waals surface area contributed by atoms with Gasteiger partial charge in [0.05, 0.1) is 42.6 Å². The van der Waals surface area contributed by atoms with Gasteiger partial charge in [0.15, 0.2) is 0 Å². The standard InChI is InChI=1S/C54H65N15O12/c1-10-68-37(23-30(3)62-68)49(76)60-52-58-34-25-32(47(55)74)27-39(79-9)45(34)66(52)19-12-13-20-67-46-35(59-53(67)61-50(77)38-24-31(4)63-69(38)11-2)26-33(48(56)75)28-40(46)80-22-14-18-64(8)51(78)36(29-44(73)81-54(5,6)7)57-41(70)17-21-65-42(71)15-16-43(65)72/h12-13,15-16,23-28,36H,10-11,14,17-22,29H2,1-9H3,(H2,55,74)(H2,56,75)(H,57,70)(H,58,60,76)(H,59,61,77)/b13-12+/t36-/m0/s1. The van der Waals surface area contributed by atoms with Crippen LogP contribution in [0, 0.1) is 13.8 Å². The van der Waals surface area contributed by atoms with Gasteiger partial charge >= 0.3 is 5.97 Å². The molecule has 1 atom stereocenters. The predicted octanol–water partition coefficient (Wildman–Crippen LogP) is 3.16. The van der Waals surface area contributed by atoms with Crippen molar-refractivity contribution in [3.05, 3.63) is 94.6 Å². The number of esters is 1. The molecule has 4 aromatic heterocycles. The molecule has 1 aliphatic rings. The van der Waals surface area contributed by atoms with E-state index in [4.69, 9.17) is 30.7 Å². The summed E-state index contributed by atoms with van der Waals surface area (Å²) in [5, 5.41) is 17.1. The summed E-state index contributed by atoms with van der Waals surface area (Å²) < 4.78 is 24.0. The number of fused-ring (bicyclic) bond motifs is 2. The van der Waals surface area contributed by atoms with Crippen molar-refractivity contribution in [2.75, 3.05) is 44.5 Å². The molecule has 0 saturated carbocycles. The molecule has 6 aromatic rings. The first-order chi connectivity index (χ1) is 38.4. The number of benzene rings is 2. The van der Waals surface area contributed by atoms with Gasteiger partial charge in [-0.25, -0.2) is 9.97 Å². The minimum atomic E-state index is -1.38. The number of imide groups is 1. The largest absolute Gasteiger partial charge is 0.494 e. The Morgan fingerprint density at radius 3 is 1.70 bits per heavy atom. The first-order valence-electron chi connectivity index (χ1n) is 25.9. The zero-order chi connectivity index (χ0) is 59.0. The van der Waals surface area contributed by atoms with E-state index in [1.807, 2.05) is 13.8 Å². The van der Waals surface area contributed by atoms with E-state index < -0.39 is 71.3 Å². The number of amides is 8. The van der Waals surface area contributed by atoms with Crippen LogP contribution in [0.2, 0.25) is 0 Å². The maximum atomic E-state index is 14.0. The second-order valence-electron chi connectivity index (χ2n) is 19.8. The molecule has 0 bridgehead atoms. The van der Waals surface area contributed by atoms with Gasteiger partial charge in [-0.15, -0.1) is 0 Å². The molecule has 0 spiro atoms. The number of likely N-dealkylation sites (N-methyl/N-ethyl adjacent to an activating group) is 1. The van der Waals surface area contributed by atoms with Crippen LogP contribution in [0.1, 0.15) is 107 Å². The van der Waals surface area contributed by atoms with Crippen LogP contribution in [0.25, 0.3) is 22.1 Å². The molecule has 428 valence electrons. The fourth-order valence-electron chi connectivity index (χ4n) is 8.93. The van der Waals surface area contributed by atoms with Crippen molar-refractivity contribution >= 4 is 87.2 Å². The molecule has 7 N–H and O–H groups in total. The number of methoxy groups -OCH3 is 1. The van der Waals surface area contributed by atoms with Crippen molar-refractivity contribution in [3.63, 3.8) is 0 Å². The zero-order valence-electron chi connectivity index (χ0n) is 46.4. The predicted molar refractivity (Wildman–Crippen MR) is 294 cm³/mol. The monoisotopic (exact) mass is 1120 g/mol. The number of hydrogen-bond acceptors (Lipinski definition) is 16. The van der Waals surface area contributed by atoms with E-state index in [9.17, 15) is 43.2 Å². The number of allylic oxidation sites excluding steroid dienone is 2. The van der Waals surface area contributed by atoms with Crippen molar-refractivity contribution in [2.24, 2.45) is 11.5 Å². The molecule has 0 fully saturated rings. The lowest BCUT2D eigenvalue weighted by molar-refractivity contribution is -0.157. The maximum Gasteiger partial charge on any atom is 0.308 e. The van der Waals surface area contributed by atoms with Gasteiger partial charge in [-0.2, -0.15) is 10.2 Å². The third-order valence-electron chi connectivity index (χ3n) is 12.6. The fraction of sp³-hybridized carbons (Fsp3) is 0.389. The van der Waals surface area contributed by atoms with Crippen LogP contribution in [-0.4, -0.2) is 147 Å². The number of rotatable bonds is 25. The van der Waals surface area contributed by atoms with Gasteiger partial charge in [0, 0.05) is 76.0 Å². The van der Waals surface area contributed by atoms with E-state index in [-0.39, 0.29) is 91.4 Å². The molecule has 1 aliphatic heterocycles. The summed E-state index contributed by atoms with van der Waals surface area (Å²) in [5.74, 6) is -5.25. The Morgan fingerprint density at radius 2 is 1.23 bits per heavy atom. The van der Waals surface area contributed by atoms with Crippen LogP contribution < -0.4 is 36.9 Å². The van der Waals surface area contributed by atoms with E-state index in [0.717, 1.165) is 17.1 Å². The van der Waals surface area contributed by atoms with Crippen molar-refractivity contribution < 1.29 is 57.4 Å². The quantitative estimate of drug-likeness (QED) is 0.0238. The number of nitrogens with zero attached hydrogens (tertiary/aromatic N) is 10. The Kier molecular flexibility index (Phi) is 18.2. The molecule has 0 unspecified atom stereocenters. The molecule has 81 heavy (non-hydrogen) atoms. The number of ether oxygens (including phenoxy) is 3. The van der Waals surface area contributed by atoms with E-state index in [0.29, 0.717) is 46.7 Å². The molecule has 0 saturated heterocycles. The van der Waals surface area contributed by atoms with Crippen molar-refractivity contribution in [3.8, 4) is 11.5 Å². The smallest absolute Gasteiger partial charge is 0.308 e. The van der Waals surface area contributed by atoms with Gasteiger partial charge in [-0.3, -0.25) is 68.0 Å². The highest BCUT2D eigenvalue weighted by molar-refractivity contribution is 6.13. The van der Waals surface area contributed by atoms with Gasteiger partial charge in [0.25, 0.3) is 23.6 Å². The normalized spacial score (nSPS) is 12.8. The van der Waals surface area contributed by atoms with E-state index in [1.165, 1.54) is 48.0 Å². The number of hydrogen-bond donors (Lipinski definition) is 5.